The number of hydrogen-bond acceptors (Lipinski definition) is 6. The minimum absolute atomic E-state index is 0.0628. The zero-order valence-electron chi connectivity index (χ0n) is 17.1. The topological polar surface area (TPSA) is 75.9 Å². The van der Waals surface area contributed by atoms with Gasteiger partial charge in [0.15, 0.2) is 17.8 Å². The molecule has 0 spiro atoms. The largest absolute Gasteiger partial charge is 0.461 e. The molecule has 0 unspecified atom stereocenters. The number of aromatic nitrogens is 1. The van der Waals surface area contributed by atoms with E-state index in [0.29, 0.717) is 42.3 Å². The molecule has 1 amide bonds. The molecule has 160 valence electrons. The molecule has 0 bridgehead atoms. The highest BCUT2D eigenvalue weighted by Gasteiger charge is 2.27. The zero-order chi connectivity index (χ0) is 21.8. The number of nitrogens with zero attached hydrogens (tertiary/aromatic N) is 3. The summed E-state index contributed by atoms with van der Waals surface area (Å²) in [6.45, 7) is 4.48. The van der Waals surface area contributed by atoms with Crippen molar-refractivity contribution in [3.63, 3.8) is 0 Å². The monoisotopic (exact) mass is 439 g/mol. The molecule has 0 radical (unpaired) electrons. The molecule has 1 saturated heterocycles. The van der Waals surface area contributed by atoms with Crippen molar-refractivity contribution in [2.75, 3.05) is 37.7 Å². The Labute approximate surface area is 185 Å². The number of oxazole rings is 1. The van der Waals surface area contributed by atoms with E-state index in [1.165, 1.54) is 6.39 Å². The van der Waals surface area contributed by atoms with Gasteiger partial charge in [0.05, 0.1) is 12.2 Å². The van der Waals surface area contributed by atoms with Gasteiger partial charge in [-0.25, -0.2) is 9.78 Å². The van der Waals surface area contributed by atoms with Crippen LogP contribution >= 0.6 is 11.6 Å². The zero-order valence-corrected chi connectivity index (χ0v) is 17.8. The van der Waals surface area contributed by atoms with E-state index < -0.39 is 5.97 Å². The number of amides is 1. The van der Waals surface area contributed by atoms with E-state index in [0.717, 1.165) is 5.69 Å². The van der Waals surface area contributed by atoms with Crippen molar-refractivity contribution >= 4 is 29.2 Å². The Hall–Kier alpha value is -3.32. The van der Waals surface area contributed by atoms with E-state index in [1.807, 2.05) is 24.3 Å². The van der Waals surface area contributed by atoms with Crippen LogP contribution in [0.1, 0.15) is 27.8 Å². The molecule has 0 N–H and O–H groups in total. The molecule has 7 nitrogen and oxygen atoms in total. The standard InChI is InChI=1S/C23H22ClN3O4/c1-2-30-23(29)20-21(31-15-25-20)18-8-3-4-9-19(18)22(28)27-12-10-26(11-13-27)17-7-5-6-16(24)14-17/h3-9,14-15H,2,10-13H2,1H3. The Morgan fingerprint density at radius 1 is 1.10 bits per heavy atom. The van der Waals surface area contributed by atoms with E-state index in [2.05, 4.69) is 9.88 Å². The summed E-state index contributed by atoms with van der Waals surface area (Å²) in [5.74, 6) is -0.462. The summed E-state index contributed by atoms with van der Waals surface area (Å²) < 4.78 is 10.5. The third-order valence-corrected chi connectivity index (χ3v) is 5.41. The van der Waals surface area contributed by atoms with E-state index in [-0.39, 0.29) is 24.0 Å². The molecule has 0 atom stereocenters. The smallest absolute Gasteiger partial charge is 0.360 e. The van der Waals surface area contributed by atoms with Gasteiger partial charge in [-0.15, -0.1) is 0 Å². The van der Waals surface area contributed by atoms with Crippen LogP contribution in [0.2, 0.25) is 5.02 Å². The summed E-state index contributed by atoms with van der Waals surface area (Å²) in [6, 6.07) is 14.8. The maximum atomic E-state index is 13.3. The number of anilines is 1. The number of carbonyl (C=O) groups excluding carboxylic acids is 2. The first-order chi connectivity index (χ1) is 15.1. The highest BCUT2D eigenvalue weighted by Crippen LogP contribution is 2.29. The lowest BCUT2D eigenvalue weighted by Gasteiger charge is -2.36. The fourth-order valence-electron chi connectivity index (χ4n) is 3.66. The van der Waals surface area contributed by atoms with Crippen molar-refractivity contribution in [2.24, 2.45) is 0 Å². The van der Waals surface area contributed by atoms with Gasteiger partial charge in [0.1, 0.15) is 0 Å². The molecule has 3 aromatic rings. The summed E-state index contributed by atoms with van der Waals surface area (Å²) >= 11 is 6.11. The number of carbonyl (C=O) groups is 2. The maximum absolute atomic E-state index is 13.3. The van der Waals surface area contributed by atoms with Crippen LogP contribution in [0.5, 0.6) is 0 Å². The average molecular weight is 440 g/mol. The minimum atomic E-state index is -0.580. The molecular formula is C23H22ClN3O4. The van der Waals surface area contributed by atoms with Crippen molar-refractivity contribution in [2.45, 2.75) is 6.92 Å². The summed E-state index contributed by atoms with van der Waals surface area (Å²) in [6.07, 6.45) is 1.19. The van der Waals surface area contributed by atoms with E-state index in [1.54, 1.807) is 36.1 Å². The van der Waals surface area contributed by atoms with Gasteiger partial charge in [0.25, 0.3) is 5.91 Å². The van der Waals surface area contributed by atoms with Crippen molar-refractivity contribution in [1.29, 1.82) is 0 Å². The second kappa shape index (κ2) is 9.22. The first kappa shape index (κ1) is 20.9. The highest BCUT2D eigenvalue weighted by atomic mass is 35.5. The molecule has 31 heavy (non-hydrogen) atoms. The Kier molecular flexibility index (Phi) is 6.23. The number of ether oxygens (including phenoxy) is 1. The van der Waals surface area contributed by atoms with Gasteiger partial charge in [-0.1, -0.05) is 35.9 Å². The number of halogens is 1. The molecule has 2 aromatic carbocycles. The average Bonchev–Trinajstić information content (AvgIpc) is 3.29. The summed E-state index contributed by atoms with van der Waals surface area (Å²) in [5, 5.41) is 0.689. The first-order valence-corrected chi connectivity index (χ1v) is 10.5. The normalized spacial score (nSPS) is 13.9. The third kappa shape index (κ3) is 4.41. The van der Waals surface area contributed by atoms with Crippen LogP contribution < -0.4 is 4.90 Å². The van der Waals surface area contributed by atoms with Gasteiger partial charge in [-0.2, -0.15) is 0 Å². The van der Waals surface area contributed by atoms with Crippen LogP contribution in [0.25, 0.3) is 11.3 Å². The molecule has 1 aliphatic rings. The van der Waals surface area contributed by atoms with Gasteiger partial charge in [-0.05, 0) is 31.2 Å². The Balaban J connectivity index is 1.54. The van der Waals surface area contributed by atoms with Gasteiger partial charge < -0.3 is 19.0 Å². The van der Waals surface area contributed by atoms with Crippen molar-refractivity contribution < 1.29 is 18.7 Å². The van der Waals surface area contributed by atoms with Crippen molar-refractivity contribution in [3.05, 3.63) is 71.2 Å². The van der Waals surface area contributed by atoms with E-state index >= 15 is 0 Å². The van der Waals surface area contributed by atoms with E-state index in [4.69, 9.17) is 20.8 Å². The molecule has 0 aliphatic carbocycles. The number of benzene rings is 2. The SMILES string of the molecule is CCOC(=O)c1ncoc1-c1ccccc1C(=O)N1CCN(c2cccc(Cl)c2)CC1. The molecule has 4 rings (SSSR count). The third-order valence-electron chi connectivity index (χ3n) is 5.18. The Bertz CT molecular complexity index is 1090. The van der Waals surface area contributed by atoms with Crippen LogP contribution in [0.15, 0.2) is 59.3 Å². The van der Waals surface area contributed by atoms with Gasteiger partial charge >= 0.3 is 5.97 Å². The second-order valence-corrected chi connectivity index (χ2v) is 7.49. The lowest BCUT2D eigenvalue weighted by Crippen LogP contribution is -2.48. The van der Waals surface area contributed by atoms with Crippen LogP contribution in [0, 0.1) is 0 Å². The predicted molar refractivity (Wildman–Crippen MR) is 117 cm³/mol. The predicted octanol–water partition coefficient (Wildman–Crippen LogP) is 4.13. The fraction of sp³-hybridized carbons (Fsp3) is 0.261. The lowest BCUT2D eigenvalue weighted by atomic mass is 10.0. The maximum Gasteiger partial charge on any atom is 0.360 e. The minimum Gasteiger partial charge on any atom is -0.461 e. The molecule has 1 aliphatic heterocycles. The molecule has 1 aromatic heterocycles. The molecule has 8 heteroatoms. The molecule has 2 heterocycles. The number of esters is 1. The van der Waals surface area contributed by atoms with Gasteiger partial charge in [-0.3, -0.25) is 4.79 Å². The lowest BCUT2D eigenvalue weighted by molar-refractivity contribution is 0.0520. The van der Waals surface area contributed by atoms with Crippen molar-refractivity contribution in [1.82, 2.24) is 9.88 Å². The van der Waals surface area contributed by atoms with Crippen LogP contribution in [-0.4, -0.2) is 54.5 Å². The second-order valence-electron chi connectivity index (χ2n) is 7.06. The summed E-state index contributed by atoms with van der Waals surface area (Å²) in [5.41, 5.74) is 2.08. The summed E-state index contributed by atoms with van der Waals surface area (Å²) in [7, 11) is 0. The van der Waals surface area contributed by atoms with Crippen molar-refractivity contribution in [3.8, 4) is 11.3 Å². The fourth-order valence-corrected chi connectivity index (χ4v) is 3.85. The molecule has 0 saturated carbocycles. The van der Waals surface area contributed by atoms with E-state index in [9.17, 15) is 9.59 Å². The number of hydrogen-bond donors (Lipinski definition) is 0. The van der Waals surface area contributed by atoms with Crippen LogP contribution in [-0.2, 0) is 4.74 Å². The van der Waals surface area contributed by atoms with Gasteiger partial charge in [0, 0.05) is 42.5 Å². The molecule has 1 fully saturated rings. The quantitative estimate of drug-likeness (QED) is 0.556. The van der Waals surface area contributed by atoms with Crippen LogP contribution in [0.4, 0.5) is 5.69 Å². The van der Waals surface area contributed by atoms with Gasteiger partial charge in [0.2, 0.25) is 0 Å². The Morgan fingerprint density at radius 2 is 1.87 bits per heavy atom. The molecular weight excluding hydrogens is 418 g/mol. The number of rotatable bonds is 5. The Morgan fingerprint density at radius 3 is 2.61 bits per heavy atom. The van der Waals surface area contributed by atoms with Crippen LogP contribution in [0.3, 0.4) is 0 Å². The summed E-state index contributed by atoms with van der Waals surface area (Å²) in [4.78, 5) is 33.6. The number of piperazine rings is 1. The first-order valence-electron chi connectivity index (χ1n) is 10.1. The highest BCUT2D eigenvalue weighted by molar-refractivity contribution is 6.30.